The van der Waals surface area contributed by atoms with E-state index < -0.39 is 0 Å². The number of nitrogens with one attached hydrogen (secondary N) is 1. The van der Waals surface area contributed by atoms with Crippen LogP contribution in [-0.4, -0.2) is 18.6 Å². The van der Waals surface area contributed by atoms with E-state index in [0.29, 0.717) is 13.2 Å². The minimum absolute atomic E-state index is 0.0992. The topological polar surface area (TPSA) is 38.3 Å². The molecule has 0 aliphatic rings. The van der Waals surface area contributed by atoms with E-state index in [1.165, 1.54) is 19.1 Å². The van der Waals surface area contributed by atoms with Gasteiger partial charge in [0.05, 0.1) is 0 Å². The van der Waals surface area contributed by atoms with Gasteiger partial charge in [-0.2, -0.15) is 0 Å². The average molecular weight is 239 g/mol. The second-order valence-corrected chi connectivity index (χ2v) is 3.92. The molecule has 17 heavy (non-hydrogen) atoms. The SMILES string of the molecule is CCC(COC(C)=O)NCc1cccc(F)c1. The van der Waals surface area contributed by atoms with Gasteiger partial charge in [-0.15, -0.1) is 0 Å². The zero-order valence-electron chi connectivity index (χ0n) is 10.2. The van der Waals surface area contributed by atoms with Crippen molar-refractivity contribution in [1.29, 1.82) is 0 Å². The molecule has 0 aliphatic heterocycles. The van der Waals surface area contributed by atoms with Gasteiger partial charge in [-0.05, 0) is 24.1 Å². The molecule has 1 unspecified atom stereocenters. The zero-order chi connectivity index (χ0) is 12.7. The Balaban J connectivity index is 2.39. The predicted octanol–water partition coefficient (Wildman–Crippen LogP) is 2.26. The Morgan fingerprint density at radius 1 is 1.53 bits per heavy atom. The highest BCUT2D eigenvalue weighted by Gasteiger charge is 2.07. The molecule has 1 N–H and O–H groups in total. The van der Waals surface area contributed by atoms with Gasteiger partial charge in [-0.25, -0.2) is 4.39 Å². The van der Waals surface area contributed by atoms with E-state index in [9.17, 15) is 9.18 Å². The summed E-state index contributed by atoms with van der Waals surface area (Å²) in [5, 5.41) is 3.22. The minimum Gasteiger partial charge on any atom is -0.464 e. The van der Waals surface area contributed by atoms with Crippen molar-refractivity contribution in [2.45, 2.75) is 32.9 Å². The highest BCUT2D eigenvalue weighted by atomic mass is 19.1. The molecule has 0 spiro atoms. The van der Waals surface area contributed by atoms with Crippen molar-refractivity contribution in [2.75, 3.05) is 6.61 Å². The quantitative estimate of drug-likeness (QED) is 0.774. The van der Waals surface area contributed by atoms with Gasteiger partial charge >= 0.3 is 5.97 Å². The summed E-state index contributed by atoms with van der Waals surface area (Å²) in [5.74, 6) is -0.520. The lowest BCUT2D eigenvalue weighted by molar-refractivity contribution is -0.141. The lowest BCUT2D eigenvalue weighted by atomic mass is 10.2. The van der Waals surface area contributed by atoms with Crippen LogP contribution in [0.5, 0.6) is 0 Å². The molecule has 3 nitrogen and oxygen atoms in total. The fraction of sp³-hybridized carbons (Fsp3) is 0.462. The van der Waals surface area contributed by atoms with Crippen LogP contribution in [-0.2, 0) is 16.1 Å². The van der Waals surface area contributed by atoms with E-state index in [4.69, 9.17) is 4.74 Å². The smallest absolute Gasteiger partial charge is 0.302 e. The van der Waals surface area contributed by atoms with Crippen LogP contribution < -0.4 is 5.32 Å². The normalized spacial score (nSPS) is 12.2. The fourth-order valence-corrected chi connectivity index (χ4v) is 1.45. The summed E-state index contributed by atoms with van der Waals surface area (Å²) < 4.78 is 17.9. The van der Waals surface area contributed by atoms with Crippen molar-refractivity contribution in [2.24, 2.45) is 0 Å². The first-order valence-corrected chi connectivity index (χ1v) is 5.73. The molecule has 0 heterocycles. The van der Waals surface area contributed by atoms with Gasteiger partial charge in [0, 0.05) is 19.5 Å². The van der Waals surface area contributed by atoms with Gasteiger partial charge in [0.2, 0.25) is 0 Å². The van der Waals surface area contributed by atoms with Crippen molar-refractivity contribution in [3.05, 3.63) is 35.6 Å². The van der Waals surface area contributed by atoms with Crippen LogP contribution in [0, 0.1) is 5.82 Å². The largest absolute Gasteiger partial charge is 0.464 e. The van der Waals surface area contributed by atoms with Crippen LogP contribution in [0.4, 0.5) is 4.39 Å². The Kier molecular flexibility index (Phi) is 5.63. The molecule has 0 saturated heterocycles. The highest BCUT2D eigenvalue weighted by Crippen LogP contribution is 2.04. The first kappa shape index (κ1) is 13.6. The van der Waals surface area contributed by atoms with E-state index in [1.54, 1.807) is 6.07 Å². The van der Waals surface area contributed by atoms with Crippen LogP contribution >= 0.6 is 0 Å². The van der Waals surface area contributed by atoms with E-state index >= 15 is 0 Å². The molecule has 0 saturated carbocycles. The van der Waals surface area contributed by atoms with Crippen LogP contribution in [0.2, 0.25) is 0 Å². The van der Waals surface area contributed by atoms with Crippen LogP contribution in [0.25, 0.3) is 0 Å². The van der Waals surface area contributed by atoms with Gasteiger partial charge in [0.15, 0.2) is 0 Å². The molecular formula is C13H18FNO2. The Labute approximate surface area is 101 Å². The van der Waals surface area contributed by atoms with Gasteiger partial charge in [-0.1, -0.05) is 19.1 Å². The summed E-state index contributed by atoms with van der Waals surface area (Å²) in [6.45, 7) is 4.31. The number of rotatable bonds is 6. The summed E-state index contributed by atoms with van der Waals surface area (Å²) in [6.07, 6.45) is 0.850. The second kappa shape index (κ2) is 7.01. The Bertz CT molecular complexity index is 368. The summed E-state index contributed by atoms with van der Waals surface area (Å²) in [5.41, 5.74) is 0.881. The van der Waals surface area contributed by atoms with E-state index in [0.717, 1.165) is 12.0 Å². The number of hydrogen-bond donors (Lipinski definition) is 1. The van der Waals surface area contributed by atoms with Crippen LogP contribution in [0.1, 0.15) is 25.8 Å². The molecule has 1 rings (SSSR count). The van der Waals surface area contributed by atoms with E-state index in [2.05, 4.69) is 5.32 Å². The molecule has 0 bridgehead atoms. The average Bonchev–Trinajstić information content (AvgIpc) is 2.29. The van der Waals surface area contributed by atoms with Gasteiger partial charge in [0.1, 0.15) is 12.4 Å². The third kappa shape index (κ3) is 5.45. The van der Waals surface area contributed by atoms with E-state index in [-0.39, 0.29) is 17.8 Å². The van der Waals surface area contributed by atoms with Crippen molar-refractivity contribution in [3.63, 3.8) is 0 Å². The molecule has 1 aromatic carbocycles. The maximum atomic E-state index is 12.9. The molecule has 0 aromatic heterocycles. The highest BCUT2D eigenvalue weighted by molar-refractivity contribution is 5.65. The number of carbonyl (C=O) groups is 1. The summed E-state index contributed by atoms with van der Waals surface area (Å²) in [6, 6.07) is 6.54. The second-order valence-electron chi connectivity index (χ2n) is 3.92. The molecular weight excluding hydrogens is 221 g/mol. The number of carbonyl (C=O) groups excluding carboxylic acids is 1. The molecule has 0 aliphatic carbocycles. The van der Waals surface area contributed by atoms with Crippen LogP contribution in [0.15, 0.2) is 24.3 Å². The van der Waals surface area contributed by atoms with Crippen molar-refractivity contribution in [3.8, 4) is 0 Å². The minimum atomic E-state index is -0.281. The molecule has 4 heteroatoms. The molecule has 0 fully saturated rings. The number of hydrogen-bond acceptors (Lipinski definition) is 3. The summed E-state index contributed by atoms with van der Waals surface area (Å²) in [7, 11) is 0. The van der Waals surface area contributed by atoms with Gasteiger partial charge in [-0.3, -0.25) is 4.79 Å². The third-order valence-electron chi connectivity index (χ3n) is 2.46. The number of ether oxygens (including phenoxy) is 1. The van der Waals surface area contributed by atoms with Gasteiger partial charge in [0.25, 0.3) is 0 Å². The standard InChI is InChI=1S/C13H18FNO2/c1-3-13(9-17-10(2)16)15-8-11-5-4-6-12(14)7-11/h4-7,13,15H,3,8-9H2,1-2H3. The first-order valence-electron chi connectivity index (χ1n) is 5.73. The van der Waals surface area contributed by atoms with E-state index in [1.807, 2.05) is 13.0 Å². The Morgan fingerprint density at radius 2 is 2.29 bits per heavy atom. The van der Waals surface area contributed by atoms with Crippen LogP contribution in [0.3, 0.4) is 0 Å². The summed E-state index contributed by atoms with van der Waals surface area (Å²) >= 11 is 0. The lowest BCUT2D eigenvalue weighted by Gasteiger charge is -2.16. The maximum Gasteiger partial charge on any atom is 0.302 e. The predicted molar refractivity (Wildman–Crippen MR) is 64.0 cm³/mol. The third-order valence-corrected chi connectivity index (χ3v) is 2.46. The van der Waals surface area contributed by atoms with Gasteiger partial charge < -0.3 is 10.1 Å². The van der Waals surface area contributed by atoms with Crippen molar-refractivity contribution >= 4 is 5.97 Å². The Morgan fingerprint density at radius 3 is 2.88 bits per heavy atom. The molecule has 0 amide bonds. The number of esters is 1. The first-order chi connectivity index (χ1) is 8.11. The number of benzene rings is 1. The molecule has 0 radical (unpaired) electrons. The lowest BCUT2D eigenvalue weighted by Crippen LogP contribution is -2.33. The molecule has 94 valence electrons. The van der Waals surface area contributed by atoms with Crippen molar-refractivity contribution in [1.82, 2.24) is 5.32 Å². The van der Waals surface area contributed by atoms with Crippen molar-refractivity contribution < 1.29 is 13.9 Å². The maximum absolute atomic E-state index is 12.9. The molecule has 1 aromatic rings. The monoisotopic (exact) mass is 239 g/mol. The number of halogens is 1. The fourth-order valence-electron chi connectivity index (χ4n) is 1.45. The summed E-state index contributed by atoms with van der Waals surface area (Å²) in [4.78, 5) is 10.7. The zero-order valence-corrected chi connectivity index (χ0v) is 10.2. The molecule has 1 atom stereocenters. The Hall–Kier alpha value is -1.42.